The minimum Gasteiger partial charge on any atom is -0.481 e. The van der Waals surface area contributed by atoms with E-state index in [9.17, 15) is 4.79 Å². The smallest absolute Gasteiger partial charge is 0.303 e. The summed E-state index contributed by atoms with van der Waals surface area (Å²) in [5.74, 6) is -0.677. The predicted molar refractivity (Wildman–Crippen MR) is 63.9 cm³/mol. The highest BCUT2D eigenvalue weighted by molar-refractivity contribution is 5.66. The van der Waals surface area contributed by atoms with Crippen molar-refractivity contribution in [1.29, 1.82) is 0 Å². The van der Waals surface area contributed by atoms with Crippen LogP contribution >= 0.6 is 0 Å². The van der Waals surface area contributed by atoms with Crippen molar-refractivity contribution in [2.45, 2.75) is 51.9 Å². The zero-order valence-electron chi connectivity index (χ0n) is 9.61. The number of carboxylic acid groups (broad SMARTS) is 1. The van der Waals surface area contributed by atoms with Crippen molar-refractivity contribution >= 4 is 5.97 Å². The van der Waals surface area contributed by atoms with E-state index in [1.165, 1.54) is 12.8 Å². The van der Waals surface area contributed by atoms with Gasteiger partial charge in [0.1, 0.15) is 0 Å². The number of hydrogen-bond donors (Lipinski definition) is 1. The second kappa shape index (κ2) is 11.0. The first kappa shape index (κ1) is 13.9. The quantitative estimate of drug-likeness (QED) is 0.462. The van der Waals surface area contributed by atoms with Crippen molar-refractivity contribution in [3.8, 4) is 0 Å². The first-order chi connectivity index (χ1) is 7.27. The molecule has 0 amide bonds. The average molecular weight is 210 g/mol. The third-order valence-electron chi connectivity index (χ3n) is 2.20. The number of carbonyl (C=O) groups is 1. The fraction of sp³-hybridized carbons (Fsp3) is 0.615. The molecule has 15 heavy (non-hydrogen) atoms. The summed E-state index contributed by atoms with van der Waals surface area (Å²) in [5.41, 5.74) is 0. The predicted octanol–water partition coefficient (Wildman–Crippen LogP) is 3.93. The zero-order chi connectivity index (χ0) is 11.4. The van der Waals surface area contributed by atoms with Crippen LogP contribution in [0.2, 0.25) is 0 Å². The number of rotatable bonds is 9. The van der Waals surface area contributed by atoms with Crippen LogP contribution in [0, 0.1) is 0 Å². The molecule has 0 saturated heterocycles. The third kappa shape index (κ3) is 12.9. The lowest BCUT2D eigenvalue weighted by atomic mass is 10.1. The Morgan fingerprint density at radius 2 is 1.73 bits per heavy atom. The van der Waals surface area contributed by atoms with Gasteiger partial charge in [0.15, 0.2) is 0 Å². The fourth-order valence-corrected chi connectivity index (χ4v) is 1.35. The second-order valence-electron chi connectivity index (χ2n) is 3.65. The van der Waals surface area contributed by atoms with E-state index in [2.05, 4.69) is 12.2 Å². The van der Waals surface area contributed by atoms with Crippen molar-refractivity contribution in [3.63, 3.8) is 0 Å². The largest absolute Gasteiger partial charge is 0.481 e. The maximum absolute atomic E-state index is 10.2. The third-order valence-corrected chi connectivity index (χ3v) is 2.20. The molecule has 0 bridgehead atoms. The molecule has 1 N–H and O–H groups in total. The Bertz CT molecular complexity index is 205. The molecule has 0 saturated carbocycles. The van der Waals surface area contributed by atoms with Crippen molar-refractivity contribution in [2.24, 2.45) is 0 Å². The lowest BCUT2D eigenvalue weighted by molar-refractivity contribution is -0.137. The summed E-state index contributed by atoms with van der Waals surface area (Å²) in [6, 6.07) is 0. The highest BCUT2D eigenvalue weighted by Crippen LogP contribution is 2.07. The van der Waals surface area contributed by atoms with Gasteiger partial charge in [0.2, 0.25) is 0 Å². The molecule has 0 aromatic carbocycles. The molecule has 0 unspecified atom stereocenters. The minimum absolute atomic E-state index is 0.321. The first-order valence-electron chi connectivity index (χ1n) is 5.77. The molecule has 2 heteroatoms. The Morgan fingerprint density at radius 3 is 2.40 bits per heavy atom. The Labute approximate surface area is 92.7 Å². The molecule has 0 atom stereocenters. The van der Waals surface area contributed by atoms with Crippen LogP contribution in [0.25, 0.3) is 0 Å². The monoisotopic (exact) mass is 210 g/mol. The van der Waals surface area contributed by atoms with Gasteiger partial charge in [-0.25, -0.2) is 0 Å². The Balaban J connectivity index is 3.08. The summed E-state index contributed by atoms with van der Waals surface area (Å²) < 4.78 is 0. The maximum Gasteiger partial charge on any atom is 0.303 e. The van der Waals surface area contributed by atoms with Gasteiger partial charge in [0.05, 0.1) is 0 Å². The van der Waals surface area contributed by atoms with E-state index >= 15 is 0 Å². The van der Waals surface area contributed by atoms with Crippen LogP contribution in [0.15, 0.2) is 24.3 Å². The molecular formula is C13H22O2. The van der Waals surface area contributed by atoms with Crippen LogP contribution in [0.4, 0.5) is 0 Å². The summed E-state index contributed by atoms with van der Waals surface area (Å²) in [5, 5.41) is 8.42. The van der Waals surface area contributed by atoms with Gasteiger partial charge in [-0.3, -0.25) is 4.79 Å². The molecule has 0 aliphatic rings. The Morgan fingerprint density at radius 1 is 1.07 bits per heavy atom. The SMILES string of the molecule is CC=CC=CCCCCCCCC(=O)O. The summed E-state index contributed by atoms with van der Waals surface area (Å²) in [6.45, 7) is 2.01. The van der Waals surface area contributed by atoms with Gasteiger partial charge >= 0.3 is 5.97 Å². The molecule has 0 aromatic heterocycles. The average Bonchev–Trinajstić information content (AvgIpc) is 2.20. The molecule has 0 aliphatic heterocycles. The highest BCUT2D eigenvalue weighted by atomic mass is 16.4. The molecule has 0 aromatic rings. The van der Waals surface area contributed by atoms with Crippen molar-refractivity contribution < 1.29 is 9.90 Å². The summed E-state index contributed by atoms with van der Waals surface area (Å²) >= 11 is 0. The van der Waals surface area contributed by atoms with Crippen LogP contribution < -0.4 is 0 Å². The Hall–Kier alpha value is -1.05. The lowest BCUT2D eigenvalue weighted by Gasteiger charge is -1.97. The summed E-state index contributed by atoms with van der Waals surface area (Å²) in [4.78, 5) is 10.2. The van der Waals surface area contributed by atoms with Crippen LogP contribution in [0.5, 0.6) is 0 Å². The Kier molecular flexibility index (Phi) is 10.3. The van der Waals surface area contributed by atoms with Gasteiger partial charge in [0.25, 0.3) is 0 Å². The summed E-state index contributed by atoms with van der Waals surface area (Å²) in [6.07, 6.45) is 15.2. The van der Waals surface area contributed by atoms with Gasteiger partial charge in [-0.05, 0) is 26.2 Å². The molecular weight excluding hydrogens is 188 g/mol. The molecule has 0 aliphatic carbocycles. The van der Waals surface area contributed by atoms with Gasteiger partial charge < -0.3 is 5.11 Å². The van der Waals surface area contributed by atoms with Gasteiger partial charge in [-0.2, -0.15) is 0 Å². The fourth-order valence-electron chi connectivity index (χ4n) is 1.35. The topological polar surface area (TPSA) is 37.3 Å². The standard InChI is InChI=1S/C13H22O2/c1-2-3-4-5-6-7-8-9-10-11-12-13(14)15/h2-5H,6-12H2,1H3,(H,14,15). The van der Waals surface area contributed by atoms with E-state index in [1.807, 2.05) is 19.1 Å². The molecule has 0 spiro atoms. The molecule has 0 fully saturated rings. The van der Waals surface area contributed by atoms with Crippen LogP contribution in [-0.2, 0) is 4.79 Å². The molecule has 0 heterocycles. The highest BCUT2D eigenvalue weighted by Gasteiger charge is 1.95. The number of allylic oxidation sites excluding steroid dienone is 4. The molecule has 2 nitrogen and oxygen atoms in total. The van der Waals surface area contributed by atoms with Gasteiger partial charge in [-0.15, -0.1) is 0 Å². The second-order valence-corrected chi connectivity index (χ2v) is 3.65. The first-order valence-corrected chi connectivity index (χ1v) is 5.77. The lowest BCUT2D eigenvalue weighted by Crippen LogP contribution is -1.93. The molecule has 0 rings (SSSR count). The van der Waals surface area contributed by atoms with E-state index in [0.717, 1.165) is 25.7 Å². The zero-order valence-corrected chi connectivity index (χ0v) is 9.61. The van der Waals surface area contributed by atoms with E-state index < -0.39 is 5.97 Å². The van der Waals surface area contributed by atoms with Crippen molar-refractivity contribution in [3.05, 3.63) is 24.3 Å². The van der Waals surface area contributed by atoms with Crippen LogP contribution in [-0.4, -0.2) is 11.1 Å². The number of aliphatic carboxylic acids is 1. The van der Waals surface area contributed by atoms with E-state index in [1.54, 1.807) is 0 Å². The van der Waals surface area contributed by atoms with Crippen LogP contribution in [0.3, 0.4) is 0 Å². The van der Waals surface area contributed by atoms with E-state index in [4.69, 9.17) is 5.11 Å². The van der Waals surface area contributed by atoms with Gasteiger partial charge in [-0.1, -0.05) is 43.6 Å². The molecule has 0 radical (unpaired) electrons. The van der Waals surface area contributed by atoms with E-state index in [-0.39, 0.29) is 0 Å². The van der Waals surface area contributed by atoms with Gasteiger partial charge in [0, 0.05) is 6.42 Å². The minimum atomic E-state index is -0.677. The number of hydrogen-bond acceptors (Lipinski definition) is 1. The van der Waals surface area contributed by atoms with Crippen molar-refractivity contribution in [2.75, 3.05) is 0 Å². The van der Waals surface area contributed by atoms with Crippen molar-refractivity contribution in [1.82, 2.24) is 0 Å². The van der Waals surface area contributed by atoms with Crippen LogP contribution in [0.1, 0.15) is 51.9 Å². The number of unbranched alkanes of at least 4 members (excludes halogenated alkanes) is 5. The molecule has 86 valence electrons. The maximum atomic E-state index is 10.2. The normalized spacial score (nSPS) is 11.5. The van der Waals surface area contributed by atoms with E-state index in [0.29, 0.717) is 6.42 Å². The summed E-state index contributed by atoms with van der Waals surface area (Å²) in [7, 11) is 0. The number of carboxylic acids is 1.